The summed E-state index contributed by atoms with van der Waals surface area (Å²) in [5, 5.41) is 17.1. The third-order valence-electron chi connectivity index (χ3n) is 8.14. The lowest BCUT2D eigenvalue weighted by Crippen LogP contribution is -2.52. The van der Waals surface area contributed by atoms with Gasteiger partial charge in [-0.25, -0.2) is 8.78 Å². The molecule has 10 nitrogen and oxygen atoms in total. The summed E-state index contributed by atoms with van der Waals surface area (Å²) in [4.78, 5) is 32.1. The molecule has 0 saturated heterocycles. The number of carbonyl (C=O) groups excluding carboxylic acids is 2. The van der Waals surface area contributed by atoms with Crippen molar-refractivity contribution in [3.8, 4) is 17.0 Å². The number of hydrogen-bond donors (Lipinski definition) is 3. The lowest BCUT2D eigenvalue weighted by Gasteiger charge is -2.38. The van der Waals surface area contributed by atoms with Crippen molar-refractivity contribution in [3.63, 3.8) is 0 Å². The molecule has 2 atom stereocenters. The van der Waals surface area contributed by atoms with E-state index in [2.05, 4.69) is 30.9 Å². The quantitative estimate of drug-likeness (QED) is 0.290. The molecule has 6 rings (SSSR count). The van der Waals surface area contributed by atoms with Crippen molar-refractivity contribution in [2.45, 2.75) is 58.5 Å². The zero-order valence-corrected chi connectivity index (χ0v) is 23.7. The molecule has 4 aromatic rings. The van der Waals surface area contributed by atoms with Crippen molar-refractivity contribution in [1.82, 2.24) is 30.3 Å². The fraction of sp³-hybridized carbons (Fsp3) is 0.367. The average molecular weight is 576 g/mol. The van der Waals surface area contributed by atoms with Crippen LogP contribution in [0.3, 0.4) is 0 Å². The third-order valence-corrected chi connectivity index (χ3v) is 8.14. The van der Waals surface area contributed by atoms with Gasteiger partial charge < -0.3 is 15.4 Å². The Balaban J connectivity index is 1.36. The van der Waals surface area contributed by atoms with E-state index >= 15 is 0 Å². The Morgan fingerprint density at radius 3 is 2.60 bits per heavy atom. The number of aromatic amines is 1. The molecule has 12 heteroatoms. The second-order valence-electron chi connectivity index (χ2n) is 11.4. The van der Waals surface area contributed by atoms with Crippen LogP contribution in [-0.2, 0) is 4.79 Å². The molecule has 2 amide bonds. The molecule has 1 spiro atoms. The Morgan fingerprint density at radius 1 is 1.17 bits per heavy atom. The molecule has 0 bridgehead atoms. The minimum atomic E-state index is -1.18. The fourth-order valence-corrected chi connectivity index (χ4v) is 5.93. The number of rotatable bonds is 7. The van der Waals surface area contributed by atoms with Gasteiger partial charge in [0.25, 0.3) is 5.91 Å². The highest BCUT2D eigenvalue weighted by Gasteiger charge is 2.58. The van der Waals surface area contributed by atoms with Gasteiger partial charge in [-0.05, 0) is 64.8 Å². The van der Waals surface area contributed by atoms with Crippen molar-refractivity contribution in [3.05, 3.63) is 77.0 Å². The molecule has 1 unspecified atom stereocenters. The van der Waals surface area contributed by atoms with E-state index in [9.17, 15) is 18.4 Å². The van der Waals surface area contributed by atoms with Gasteiger partial charge in [0.05, 0.1) is 29.9 Å². The number of H-pyrrole nitrogens is 1. The van der Waals surface area contributed by atoms with Gasteiger partial charge in [0.15, 0.2) is 11.6 Å². The van der Waals surface area contributed by atoms with Crippen LogP contribution in [0.25, 0.3) is 11.3 Å². The summed E-state index contributed by atoms with van der Waals surface area (Å²) in [7, 11) is 0. The minimum Gasteiger partial charge on any atom is -0.490 e. The number of nitrogens with one attached hydrogen (secondary N) is 3. The summed E-state index contributed by atoms with van der Waals surface area (Å²) in [6.45, 7) is 7.69. The van der Waals surface area contributed by atoms with E-state index in [4.69, 9.17) is 4.74 Å². The van der Waals surface area contributed by atoms with Gasteiger partial charge in [-0.2, -0.15) is 10.2 Å². The van der Waals surface area contributed by atoms with Gasteiger partial charge in [-0.3, -0.25) is 24.4 Å². The predicted molar refractivity (Wildman–Crippen MR) is 150 cm³/mol. The molecule has 218 valence electrons. The van der Waals surface area contributed by atoms with E-state index in [-0.39, 0.29) is 29.7 Å². The first-order valence-electron chi connectivity index (χ1n) is 13.8. The van der Waals surface area contributed by atoms with E-state index in [1.807, 2.05) is 27.7 Å². The zero-order chi connectivity index (χ0) is 29.8. The Hall–Kier alpha value is -4.61. The number of nitrogens with zero attached hydrogens (tertiary/aromatic N) is 4. The number of amides is 2. The number of anilines is 1. The first-order valence-corrected chi connectivity index (χ1v) is 13.8. The third kappa shape index (κ3) is 4.80. The van der Waals surface area contributed by atoms with Gasteiger partial charge in [-0.1, -0.05) is 0 Å². The molecule has 1 fully saturated rings. The molecule has 42 heavy (non-hydrogen) atoms. The Bertz CT molecular complexity index is 1660. The standard InChI is InChI=1S/C30H31F2N7O3/c1-15(2)39-23(7-10-34-39)28(40)36-26(25-20-11-18(31)12-21(32)27(20)42-14-30(25)8-9-30)29(41)35-19-5-6-22(33-13-19)24-16(3)37-38-17(24)4/h5-7,10-13,15,25-26H,8-9,14H2,1-4H3,(H,35,41)(H,36,40)(H,37,38)/t25?,26-/m0/s1. The molecular formula is C30H31F2N7O3. The maximum Gasteiger partial charge on any atom is 0.270 e. The Labute approximate surface area is 240 Å². The summed E-state index contributed by atoms with van der Waals surface area (Å²) in [5.74, 6) is -3.55. The first-order chi connectivity index (χ1) is 20.1. The summed E-state index contributed by atoms with van der Waals surface area (Å²) in [5.41, 5.74) is 3.55. The van der Waals surface area contributed by atoms with E-state index in [0.29, 0.717) is 24.2 Å². The van der Waals surface area contributed by atoms with Gasteiger partial charge in [0, 0.05) is 46.5 Å². The van der Waals surface area contributed by atoms with Crippen LogP contribution in [0.2, 0.25) is 0 Å². The summed E-state index contributed by atoms with van der Waals surface area (Å²) >= 11 is 0. The second kappa shape index (κ2) is 10.3. The molecule has 1 aromatic carbocycles. The minimum absolute atomic E-state index is 0.102. The molecule has 1 saturated carbocycles. The largest absolute Gasteiger partial charge is 0.490 e. The van der Waals surface area contributed by atoms with E-state index in [0.717, 1.165) is 23.0 Å². The van der Waals surface area contributed by atoms with Crippen molar-refractivity contribution in [2.75, 3.05) is 11.9 Å². The maximum absolute atomic E-state index is 14.8. The van der Waals surface area contributed by atoms with Gasteiger partial charge in [0.2, 0.25) is 5.91 Å². The molecule has 3 aromatic heterocycles. The fourth-order valence-electron chi connectivity index (χ4n) is 5.93. The van der Waals surface area contributed by atoms with Crippen LogP contribution in [-0.4, -0.2) is 49.4 Å². The Morgan fingerprint density at radius 2 is 1.95 bits per heavy atom. The monoisotopic (exact) mass is 575 g/mol. The van der Waals surface area contributed by atoms with Gasteiger partial charge >= 0.3 is 0 Å². The second-order valence-corrected chi connectivity index (χ2v) is 11.4. The topological polar surface area (TPSA) is 127 Å². The highest BCUT2D eigenvalue weighted by Crippen LogP contribution is 2.61. The van der Waals surface area contributed by atoms with Gasteiger partial charge in [0.1, 0.15) is 17.6 Å². The number of ether oxygens (including phenoxy) is 1. The van der Waals surface area contributed by atoms with Crippen LogP contribution in [0.4, 0.5) is 14.5 Å². The smallest absolute Gasteiger partial charge is 0.270 e. The van der Waals surface area contributed by atoms with Crippen LogP contribution < -0.4 is 15.4 Å². The molecule has 3 N–H and O–H groups in total. The summed E-state index contributed by atoms with van der Waals surface area (Å²) in [6.07, 6.45) is 4.39. The number of pyridine rings is 1. The number of fused-ring (bicyclic) bond motifs is 1. The first kappa shape index (κ1) is 27.6. The maximum atomic E-state index is 14.8. The van der Waals surface area contributed by atoms with Crippen LogP contribution in [0.5, 0.6) is 5.75 Å². The highest BCUT2D eigenvalue weighted by atomic mass is 19.1. The Kier molecular flexibility index (Phi) is 6.78. The average Bonchev–Trinajstić information content (AvgIpc) is 3.36. The van der Waals surface area contributed by atoms with Gasteiger partial charge in [-0.15, -0.1) is 0 Å². The van der Waals surface area contributed by atoms with Crippen molar-refractivity contribution in [1.29, 1.82) is 0 Å². The van der Waals surface area contributed by atoms with Crippen LogP contribution >= 0.6 is 0 Å². The number of hydrogen-bond acceptors (Lipinski definition) is 6. The number of benzene rings is 1. The molecule has 4 heterocycles. The van der Waals surface area contributed by atoms with Crippen LogP contribution in [0, 0.1) is 30.9 Å². The lowest BCUT2D eigenvalue weighted by atomic mass is 9.75. The number of aryl methyl sites for hydroxylation is 2. The van der Waals surface area contributed by atoms with Crippen LogP contribution in [0.15, 0.2) is 42.7 Å². The molecular weight excluding hydrogens is 544 g/mol. The van der Waals surface area contributed by atoms with Crippen molar-refractivity contribution < 1.29 is 23.1 Å². The molecule has 2 aliphatic rings. The number of aromatic nitrogens is 5. The normalized spacial score (nSPS) is 17.5. The highest BCUT2D eigenvalue weighted by molar-refractivity contribution is 6.01. The van der Waals surface area contributed by atoms with E-state index in [1.165, 1.54) is 18.5 Å². The van der Waals surface area contributed by atoms with E-state index < -0.39 is 40.8 Å². The van der Waals surface area contributed by atoms with Crippen molar-refractivity contribution >= 4 is 17.5 Å². The summed E-state index contributed by atoms with van der Waals surface area (Å²) in [6, 6.07) is 5.71. The number of carbonyl (C=O) groups is 2. The molecule has 1 aliphatic heterocycles. The van der Waals surface area contributed by atoms with Crippen LogP contribution in [0.1, 0.15) is 66.1 Å². The van der Waals surface area contributed by atoms with Crippen molar-refractivity contribution in [2.24, 2.45) is 5.41 Å². The summed E-state index contributed by atoms with van der Waals surface area (Å²) < 4.78 is 36.7. The lowest BCUT2D eigenvalue weighted by molar-refractivity contribution is -0.119. The molecule has 1 aliphatic carbocycles. The zero-order valence-electron chi connectivity index (χ0n) is 23.7. The SMILES string of the molecule is Cc1n[nH]c(C)c1-c1ccc(NC(=O)[C@@H](NC(=O)c2ccnn2C(C)C)C2c3cc(F)cc(F)c3OCC23CC3)cn1. The predicted octanol–water partition coefficient (Wildman–Crippen LogP) is 4.84. The van der Waals surface area contributed by atoms with E-state index in [1.54, 1.807) is 22.9 Å². The molecule has 0 radical (unpaired) electrons. The number of halogens is 2.